The fourth-order valence-corrected chi connectivity index (χ4v) is 2.69. The lowest BCUT2D eigenvalue weighted by Gasteiger charge is -2.36. The van der Waals surface area contributed by atoms with Gasteiger partial charge in [-0.3, -0.25) is 4.90 Å². The minimum atomic E-state index is -4.28. The number of aryl methyl sites for hydroxylation is 1. The van der Waals surface area contributed by atoms with Crippen molar-refractivity contribution in [2.75, 3.05) is 26.2 Å². The Morgan fingerprint density at radius 1 is 1.25 bits per heavy atom. The minimum absolute atomic E-state index is 0. The van der Waals surface area contributed by atoms with E-state index < -0.39 is 12.2 Å². The minimum Gasteiger partial charge on any atom is -0.314 e. The second kappa shape index (κ2) is 6.98. The molecule has 2 rings (SSSR count). The molecule has 0 bridgehead atoms. The average Bonchev–Trinajstić information content (AvgIpc) is 2.32. The molecule has 1 aromatic rings. The Bertz CT molecular complexity index is 446. The monoisotopic (exact) mass is 328 g/mol. The fraction of sp³-hybridized carbons (Fsp3) is 0.538. The van der Waals surface area contributed by atoms with Crippen LogP contribution >= 0.6 is 24.0 Å². The standard InChI is InChI=1S/C13H16ClF3N2.ClH/c1-9-8-10(14)2-3-11(9)12(13(15,16)17)19-6-4-18-5-7-19;/h2-3,8,12,18H,4-7H2,1H3;1H/t12-;/m1./s1. The number of rotatable bonds is 2. The summed E-state index contributed by atoms with van der Waals surface area (Å²) < 4.78 is 40.1. The third kappa shape index (κ3) is 4.01. The van der Waals surface area contributed by atoms with Gasteiger partial charge in [-0.05, 0) is 30.2 Å². The van der Waals surface area contributed by atoms with Gasteiger partial charge in [-0.2, -0.15) is 13.2 Å². The van der Waals surface area contributed by atoms with Crippen LogP contribution in [0.1, 0.15) is 17.2 Å². The van der Waals surface area contributed by atoms with Crippen molar-refractivity contribution >= 4 is 24.0 Å². The Kier molecular flexibility index (Phi) is 6.13. The topological polar surface area (TPSA) is 15.3 Å². The van der Waals surface area contributed by atoms with Crippen molar-refractivity contribution in [3.8, 4) is 0 Å². The van der Waals surface area contributed by atoms with E-state index in [1.807, 2.05) is 0 Å². The molecule has 1 aliphatic rings. The van der Waals surface area contributed by atoms with E-state index in [0.29, 0.717) is 42.3 Å². The summed E-state index contributed by atoms with van der Waals surface area (Å²) in [5, 5.41) is 3.53. The highest BCUT2D eigenvalue weighted by Crippen LogP contribution is 2.39. The van der Waals surface area contributed by atoms with E-state index in [0.717, 1.165) is 0 Å². The van der Waals surface area contributed by atoms with Crippen LogP contribution in [0.15, 0.2) is 18.2 Å². The van der Waals surface area contributed by atoms with Crippen LogP contribution in [0.25, 0.3) is 0 Å². The van der Waals surface area contributed by atoms with Crippen LogP contribution in [-0.2, 0) is 0 Å². The van der Waals surface area contributed by atoms with Gasteiger partial charge in [0.2, 0.25) is 0 Å². The van der Waals surface area contributed by atoms with Gasteiger partial charge in [-0.25, -0.2) is 0 Å². The summed E-state index contributed by atoms with van der Waals surface area (Å²) in [6.45, 7) is 3.62. The molecule has 0 aliphatic carbocycles. The largest absolute Gasteiger partial charge is 0.408 e. The van der Waals surface area contributed by atoms with Crippen molar-refractivity contribution in [1.82, 2.24) is 10.2 Å². The first-order valence-electron chi connectivity index (χ1n) is 6.17. The van der Waals surface area contributed by atoms with E-state index in [4.69, 9.17) is 11.6 Å². The number of benzene rings is 1. The second-order valence-electron chi connectivity index (χ2n) is 4.73. The highest BCUT2D eigenvalue weighted by atomic mass is 35.5. The van der Waals surface area contributed by atoms with E-state index in [9.17, 15) is 13.2 Å². The van der Waals surface area contributed by atoms with Gasteiger partial charge in [0.25, 0.3) is 0 Å². The van der Waals surface area contributed by atoms with E-state index in [2.05, 4.69) is 5.32 Å². The van der Waals surface area contributed by atoms with Crippen molar-refractivity contribution in [2.45, 2.75) is 19.1 Å². The number of nitrogens with zero attached hydrogens (tertiary/aromatic N) is 1. The van der Waals surface area contributed by atoms with Crippen LogP contribution < -0.4 is 5.32 Å². The Balaban J connectivity index is 0.00000200. The predicted octanol–water partition coefficient (Wildman–Crippen LogP) is 3.58. The molecular formula is C13H17Cl2F3N2. The maximum absolute atomic E-state index is 13.4. The quantitative estimate of drug-likeness (QED) is 0.892. The molecule has 0 unspecified atom stereocenters. The summed E-state index contributed by atoms with van der Waals surface area (Å²) in [5.41, 5.74) is 0.868. The van der Waals surface area contributed by atoms with Crippen LogP contribution in [0.2, 0.25) is 5.02 Å². The van der Waals surface area contributed by atoms with E-state index in [1.54, 1.807) is 13.0 Å². The number of hydrogen-bond donors (Lipinski definition) is 1. The smallest absolute Gasteiger partial charge is 0.314 e. The zero-order valence-corrected chi connectivity index (χ0v) is 12.6. The molecule has 114 valence electrons. The molecule has 1 N–H and O–H groups in total. The lowest BCUT2D eigenvalue weighted by molar-refractivity contribution is -0.188. The number of hydrogen-bond acceptors (Lipinski definition) is 2. The molecule has 2 nitrogen and oxygen atoms in total. The van der Waals surface area contributed by atoms with E-state index in [-0.39, 0.29) is 12.4 Å². The Labute approximate surface area is 127 Å². The molecule has 1 atom stereocenters. The number of nitrogens with one attached hydrogen (secondary N) is 1. The first-order valence-corrected chi connectivity index (χ1v) is 6.55. The lowest BCUT2D eigenvalue weighted by Crippen LogP contribution is -2.49. The molecular weight excluding hydrogens is 312 g/mol. The zero-order valence-electron chi connectivity index (χ0n) is 11.0. The maximum Gasteiger partial charge on any atom is 0.408 e. The predicted molar refractivity (Wildman–Crippen MR) is 76.7 cm³/mol. The summed E-state index contributed by atoms with van der Waals surface area (Å²) in [5.74, 6) is 0. The third-order valence-corrected chi connectivity index (χ3v) is 3.59. The second-order valence-corrected chi connectivity index (χ2v) is 5.17. The normalized spacial score (nSPS) is 18.4. The fourth-order valence-electron chi connectivity index (χ4n) is 2.47. The van der Waals surface area contributed by atoms with Gasteiger partial charge >= 0.3 is 6.18 Å². The van der Waals surface area contributed by atoms with Crippen LogP contribution in [0, 0.1) is 6.92 Å². The van der Waals surface area contributed by atoms with Gasteiger partial charge in [0, 0.05) is 31.2 Å². The molecule has 1 aliphatic heterocycles. The molecule has 20 heavy (non-hydrogen) atoms. The highest BCUT2D eigenvalue weighted by molar-refractivity contribution is 6.30. The molecule has 0 radical (unpaired) electrons. The summed E-state index contributed by atoms with van der Waals surface area (Å²) in [7, 11) is 0. The third-order valence-electron chi connectivity index (χ3n) is 3.35. The maximum atomic E-state index is 13.4. The van der Waals surface area contributed by atoms with Crippen molar-refractivity contribution in [3.63, 3.8) is 0 Å². The van der Waals surface area contributed by atoms with Gasteiger partial charge in [-0.1, -0.05) is 17.7 Å². The van der Waals surface area contributed by atoms with Crippen molar-refractivity contribution in [3.05, 3.63) is 34.3 Å². The van der Waals surface area contributed by atoms with E-state index in [1.165, 1.54) is 17.0 Å². The van der Waals surface area contributed by atoms with Crippen LogP contribution in [0.3, 0.4) is 0 Å². The van der Waals surface area contributed by atoms with Crippen molar-refractivity contribution in [2.24, 2.45) is 0 Å². The van der Waals surface area contributed by atoms with Gasteiger partial charge in [0.1, 0.15) is 6.04 Å². The van der Waals surface area contributed by atoms with Gasteiger partial charge in [-0.15, -0.1) is 12.4 Å². The lowest BCUT2D eigenvalue weighted by atomic mass is 9.99. The Morgan fingerprint density at radius 3 is 2.35 bits per heavy atom. The Hall–Kier alpha value is -0.490. The summed E-state index contributed by atoms with van der Waals surface area (Å²) in [6.07, 6.45) is -4.28. The molecule has 7 heteroatoms. The first-order chi connectivity index (χ1) is 8.89. The molecule has 0 spiro atoms. The molecule has 0 saturated carbocycles. The molecule has 0 aromatic heterocycles. The molecule has 1 heterocycles. The van der Waals surface area contributed by atoms with Gasteiger partial charge in [0.15, 0.2) is 0 Å². The average molecular weight is 329 g/mol. The number of alkyl halides is 3. The molecule has 1 fully saturated rings. The number of piperazine rings is 1. The molecule has 1 saturated heterocycles. The summed E-state index contributed by atoms with van der Waals surface area (Å²) in [6, 6.07) is 3.03. The van der Waals surface area contributed by atoms with Gasteiger partial charge < -0.3 is 5.32 Å². The SMILES string of the molecule is Cc1cc(Cl)ccc1[C@@H](N1CCNCC1)C(F)(F)F.Cl. The van der Waals surface area contributed by atoms with E-state index >= 15 is 0 Å². The first kappa shape index (κ1) is 17.6. The summed E-state index contributed by atoms with van der Waals surface area (Å²) in [4.78, 5) is 1.48. The summed E-state index contributed by atoms with van der Waals surface area (Å²) >= 11 is 5.82. The molecule has 0 amide bonds. The van der Waals surface area contributed by atoms with Crippen LogP contribution in [0.5, 0.6) is 0 Å². The van der Waals surface area contributed by atoms with Crippen molar-refractivity contribution in [1.29, 1.82) is 0 Å². The van der Waals surface area contributed by atoms with Crippen LogP contribution in [0.4, 0.5) is 13.2 Å². The zero-order chi connectivity index (χ0) is 14.0. The highest BCUT2D eigenvalue weighted by Gasteiger charge is 2.45. The van der Waals surface area contributed by atoms with Crippen molar-refractivity contribution < 1.29 is 13.2 Å². The van der Waals surface area contributed by atoms with Crippen LogP contribution in [-0.4, -0.2) is 37.3 Å². The number of halogens is 5. The molecule has 1 aromatic carbocycles. The Morgan fingerprint density at radius 2 is 1.85 bits per heavy atom. The van der Waals surface area contributed by atoms with Gasteiger partial charge in [0.05, 0.1) is 0 Å².